The highest BCUT2D eigenvalue weighted by Crippen LogP contribution is 2.27. The van der Waals surface area contributed by atoms with Crippen LogP contribution in [0.2, 0.25) is 10.0 Å². The molecule has 2 N–H and O–H groups in total. The van der Waals surface area contributed by atoms with E-state index in [0.29, 0.717) is 23.1 Å². The number of hydrogen-bond acceptors (Lipinski definition) is 2. The molecular weight excluding hydrogens is 419 g/mol. The molecule has 3 aromatic carbocycles. The van der Waals surface area contributed by atoms with Crippen LogP contribution in [0.25, 0.3) is 10.9 Å². The molecule has 0 amide bonds. The van der Waals surface area contributed by atoms with E-state index in [4.69, 9.17) is 23.2 Å². The van der Waals surface area contributed by atoms with Gasteiger partial charge in [0.1, 0.15) is 0 Å². The van der Waals surface area contributed by atoms with E-state index >= 15 is 0 Å². The number of rotatable bonds is 6. The Morgan fingerprint density at radius 1 is 1.03 bits per heavy atom. The number of carbonyl (C=O) groups is 1. The first-order valence-electron chi connectivity index (χ1n) is 9.51. The molecule has 0 aliphatic heterocycles. The van der Waals surface area contributed by atoms with Crippen molar-refractivity contribution in [3.63, 3.8) is 0 Å². The minimum absolute atomic E-state index is 0.267. The smallest absolute Gasteiger partial charge is 0.335 e. The molecule has 0 spiro atoms. The van der Waals surface area contributed by atoms with Gasteiger partial charge in [-0.15, -0.1) is 0 Å². The van der Waals surface area contributed by atoms with Gasteiger partial charge in [0, 0.05) is 45.9 Å². The first kappa shape index (κ1) is 20.3. The number of halogens is 2. The van der Waals surface area contributed by atoms with Crippen LogP contribution >= 0.6 is 23.2 Å². The fourth-order valence-electron chi connectivity index (χ4n) is 3.56. The van der Waals surface area contributed by atoms with Gasteiger partial charge in [0.15, 0.2) is 0 Å². The van der Waals surface area contributed by atoms with Crippen molar-refractivity contribution in [2.75, 3.05) is 5.32 Å². The molecular formula is C24H20Cl2N2O2. The van der Waals surface area contributed by atoms with Crippen LogP contribution in [0, 0.1) is 6.92 Å². The molecule has 0 saturated carbocycles. The van der Waals surface area contributed by atoms with Crippen LogP contribution in [-0.4, -0.2) is 15.6 Å². The number of anilines is 1. The summed E-state index contributed by atoms with van der Waals surface area (Å²) >= 11 is 12.4. The number of carboxylic acid groups (broad SMARTS) is 1. The maximum atomic E-state index is 11.3. The molecule has 4 aromatic rings. The van der Waals surface area contributed by atoms with Crippen molar-refractivity contribution in [3.8, 4) is 0 Å². The average Bonchev–Trinajstić information content (AvgIpc) is 3.07. The maximum Gasteiger partial charge on any atom is 0.335 e. The van der Waals surface area contributed by atoms with Crippen LogP contribution in [0.3, 0.4) is 0 Å². The Balaban J connectivity index is 1.64. The van der Waals surface area contributed by atoms with Gasteiger partial charge in [-0.2, -0.15) is 0 Å². The third-order valence-electron chi connectivity index (χ3n) is 5.18. The quantitative estimate of drug-likeness (QED) is 0.355. The van der Waals surface area contributed by atoms with E-state index in [2.05, 4.69) is 28.2 Å². The molecule has 0 aliphatic rings. The number of benzene rings is 3. The summed E-state index contributed by atoms with van der Waals surface area (Å²) in [5.74, 6) is -0.936. The fraction of sp³-hybridized carbons (Fsp3) is 0.125. The summed E-state index contributed by atoms with van der Waals surface area (Å²) in [6.07, 6.45) is 2.11. The Kier molecular flexibility index (Phi) is 5.71. The van der Waals surface area contributed by atoms with E-state index in [-0.39, 0.29) is 5.56 Å². The molecule has 0 atom stereocenters. The van der Waals surface area contributed by atoms with Crippen molar-refractivity contribution in [2.24, 2.45) is 0 Å². The molecule has 1 heterocycles. The highest BCUT2D eigenvalue weighted by atomic mass is 35.5. The number of aromatic carboxylic acids is 1. The lowest BCUT2D eigenvalue weighted by molar-refractivity contribution is 0.0697. The highest BCUT2D eigenvalue weighted by Gasteiger charge is 2.11. The molecule has 4 rings (SSSR count). The summed E-state index contributed by atoms with van der Waals surface area (Å²) in [5, 5.41) is 15.0. The largest absolute Gasteiger partial charge is 0.478 e. The van der Waals surface area contributed by atoms with Gasteiger partial charge in [0.05, 0.1) is 5.56 Å². The van der Waals surface area contributed by atoms with Crippen molar-refractivity contribution in [1.82, 2.24) is 4.57 Å². The molecule has 0 radical (unpaired) electrons. The summed E-state index contributed by atoms with van der Waals surface area (Å²) < 4.78 is 2.17. The predicted octanol–water partition coefficient (Wildman–Crippen LogP) is 6.62. The van der Waals surface area contributed by atoms with Crippen LogP contribution in [0.5, 0.6) is 0 Å². The number of nitrogens with one attached hydrogen (secondary N) is 1. The lowest BCUT2D eigenvalue weighted by Crippen LogP contribution is -2.04. The number of nitrogens with zero attached hydrogens (tertiary/aromatic N) is 1. The molecule has 0 unspecified atom stereocenters. The second-order valence-electron chi connectivity index (χ2n) is 7.22. The van der Waals surface area contributed by atoms with Crippen LogP contribution in [-0.2, 0) is 13.1 Å². The third kappa shape index (κ3) is 4.16. The molecule has 0 aliphatic carbocycles. The number of hydrogen-bond donors (Lipinski definition) is 2. The van der Waals surface area contributed by atoms with Gasteiger partial charge in [-0.25, -0.2) is 4.79 Å². The average molecular weight is 439 g/mol. The van der Waals surface area contributed by atoms with Gasteiger partial charge < -0.3 is 15.0 Å². The van der Waals surface area contributed by atoms with Crippen molar-refractivity contribution in [2.45, 2.75) is 20.0 Å². The Bertz CT molecular complexity index is 1250. The minimum atomic E-state index is -0.936. The van der Waals surface area contributed by atoms with Crippen LogP contribution in [0.4, 0.5) is 5.69 Å². The van der Waals surface area contributed by atoms with E-state index in [1.54, 1.807) is 18.2 Å². The first-order chi connectivity index (χ1) is 14.4. The molecule has 0 fully saturated rings. The molecule has 4 nitrogen and oxygen atoms in total. The molecule has 30 heavy (non-hydrogen) atoms. The zero-order chi connectivity index (χ0) is 21.3. The van der Waals surface area contributed by atoms with Gasteiger partial charge in [0.2, 0.25) is 0 Å². The highest BCUT2D eigenvalue weighted by molar-refractivity contribution is 6.35. The summed E-state index contributed by atoms with van der Waals surface area (Å²) in [5.41, 5.74) is 5.30. The van der Waals surface area contributed by atoms with Gasteiger partial charge in [-0.1, -0.05) is 53.5 Å². The standard InChI is InChI=1S/C24H20Cl2N2O2/c1-15-6-7-16(24(29)30)10-22(15)27-12-18-14-28(23-5-3-2-4-20(18)23)13-17-8-9-19(25)11-21(17)26/h2-11,14,27H,12-13H2,1H3,(H,29,30). The number of aromatic nitrogens is 1. The zero-order valence-corrected chi connectivity index (χ0v) is 17.8. The molecule has 6 heteroatoms. The summed E-state index contributed by atoms with van der Waals surface area (Å²) in [7, 11) is 0. The number of carboxylic acids is 1. The van der Waals surface area contributed by atoms with Crippen molar-refractivity contribution in [3.05, 3.63) is 99.2 Å². The van der Waals surface area contributed by atoms with Gasteiger partial charge >= 0.3 is 5.97 Å². The van der Waals surface area contributed by atoms with Crippen LogP contribution in [0.1, 0.15) is 27.0 Å². The zero-order valence-electron chi connectivity index (χ0n) is 16.3. The Labute approximate surface area is 184 Å². The van der Waals surface area contributed by atoms with Gasteiger partial charge in [-0.3, -0.25) is 0 Å². The Morgan fingerprint density at radius 3 is 2.60 bits per heavy atom. The van der Waals surface area contributed by atoms with E-state index in [1.165, 1.54) is 0 Å². The predicted molar refractivity (Wildman–Crippen MR) is 123 cm³/mol. The second-order valence-corrected chi connectivity index (χ2v) is 8.07. The van der Waals surface area contributed by atoms with E-state index in [9.17, 15) is 9.90 Å². The summed E-state index contributed by atoms with van der Waals surface area (Å²) in [6.45, 7) is 3.16. The minimum Gasteiger partial charge on any atom is -0.478 e. The van der Waals surface area contributed by atoms with Crippen molar-refractivity contribution in [1.29, 1.82) is 0 Å². The van der Waals surface area contributed by atoms with E-state index in [0.717, 1.165) is 33.3 Å². The molecule has 1 aromatic heterocycles. The van der Waals surface area contributed by atoms with Crippen LogP contribution in [0.15, 0.2) is 66.9 Å². The Hall–Kier alpha value is -2.95. The first-order valence-corrected chi connectivity index (χ1v) is 10.3. The molecule has 0 saturated heterocycles. The fourth-order valence-corrected chi connectivity index (χ4v) is 4.03. The van der Waals surface area contributed by atoms with Crippen LogP contribution < -0.4 is 5.32 Å². The number of fused-ring (bicyclic) bond motifs is 1. The van der Waals surface area contributed by atoms with E-state index in [1.807, 2.05) is 37.3 Å². The van der Waals surface area contributed by atoms with Gasteiger partial charge in [0.25, 0.3) is 0 Å². The maximum absolute atomic E-state index is 11.3. The Morgan fingerprint density at radius 2 is 1.83 bits per heavy atom. The number of para-hydroxylation sites is 1. The van der Waals surface area contributed by atoms with Crippen molar-refractivity contribution < 1.29 is 9.90 Å². The topological polar surface area (TPSA) is 54.3 Å². The SMILES string of the molecule is Cc1ccc(C(=O)O)cc1NCc1cn(Cc2ccc(Cl)cc2Cl)c2ccccc12. The third-order valence-corrected chi connectivity index (χ3v) is 5.77. The lowest BCUT2D eigenvalue weighted by atomic mass is 10.1. The second kappa shape index (κ2) is 8.42. The lowest BCUT2D eigenvalue weighted by Gasteiger charge is -2.10. The van der Waals surface area contributed by atoms with E-state index < -0.39 is 5.97 Å². The number of aryl methyl sites for hydroxylation is 1. The normalized spacial score (nSPS) is 11.0. The summed E-state index contributed by atoms with van der Waals surface area (Å²) in [6, 6.07) is 18.8. The molecule has 152 valence electrons. The molecule has 0 bridgehead atoms. The van der Waals surface area contributed by atoms with Crippen molar-refractivity contribution >= 4 is 45.8 Å². The monoisotopic (exact) mass is 438 g/mol. The van der Waals surface area contributed by atoms with Gasteiger partial charge in [-0.05, 0) is 53.9 Å². The summed E-state index contributed by atoms with van der Waals surface area (Å²) in [4.78, 5) is 11.3.